The van der Waals surface area contributed by atoms with Crippen LogP contribution in [0.1, 0.15) is 74.8 Å². The molecule has 0 spiro atoms. The van der Waals surface area contributed by atoms with Crippen molar-refractivity contribution in [1.82, 2.24) is 5.32 Å². The molecule has 0 radical (unpaired) electrons. The fourth-order valence-corrected chi connectivity index (χ4v) is 4.62. The Labute approximate surface area is 180 Å². The molecule has 1 N–H and O–H groups in total. The van der Waals surface area contributed by atoms with Gasteiger partial charge in [-0.2, -0.15) is 0 Å². The number of carbonyl (C=O) groups is 1. The molecule has 4 nitrogen and oxygen atoms in total. The molecule has 2 aromatic rings. The molecule has 4 heteroatoms. The Morgan fingerprint density at radius 2 is 1.93 bits per heavy atom. The first-order valence-electron chi connectivity index (χ1n) is 11.2. The number of aryl methyl sites for hydroxylation is 3. The van der Waals surface area contributed by atoms with Crippen LogP contribution in [0.25, 0.3) is 0 Å². The van der Waals surface area contributed by atoms with Gasteiger partial charge in [0.2, 0.25) is 0 Å². The zero-order valence-corrected chi connectivity index (χ0v) is 18.6. The summed E-state index contributed by atoms with van der Waals surface area (Å²) in [6.07, 6.45) is 5.57. The largest absolute Gasteiger partial charge is 0.487 e. The summed E-state index contributed by atoms with van der Waals surface area (Å²) in [7, 11) is 0. The average molecular weight is 408 g/mol. The number of hydrogen-bond donors (Lipinski definition) is 1. The number of fused-ring (bicyclic) bond motifs is 2. The van der Waals surface area contributed by atoms with Crippen molar-refractivity contribution < 1.29 is 14.3 Å². The molecule has 4 rings (SSSR count). The highest BCUT2D eigenvalue weighted by atomic mass is 16.5. The van der Waals surface area contributed by atoms with Crippen molar-refractivity contribution in [2.45, 2.75) is 84.0 Å². The summed E-state index contributed by atoms with van der Waals surface area (Å²) in [5, 5.41) is 3.24. The third-order valence-corrected chi connectivity index (χ3v) is 6.20. The van der Waals surface area contributed by atoms with E-state index in [2.05, 4.69) is 56.4 Å². The summed E-state index contributed by atoms with van der Waals surface area (Å²) in [6, 6.07) is 12.4. The van der Waals surface area contributed by atoms with Crippen LogP contribution in [0.3, 0.4) is 0 Å². The zero-order valence-electron chi connectivity index (χ0n) is 18.6. The Bertz CT molecular complexity index is 934. The molecule has 0 fully saturated rings. The molecule has 0 saturated heterocycles. The number of carbonyl (C=O) groups excluding carboxylic acids is 1. The molecule has 0 saturated carbocycles. The SMILES string of the molecule is CC[C@@H](Oc1ccc2c(c1)CCCC2)C(=O)N[C@@H]1CC(C)(C)Oc2cc(C)ccc21. The van der Waals surface area contributed by atoms with Gasteiger partial charge in [-0.05, 0) is 87.8 Å². The second kappa shape index (κ2) is 8.33. The molecule has 0 unspecified atom stereocenters. The van der Waals surface area contributed by atoms with Crippen LogP contribution in [0, 0.1) is 6.92 Å². The highest BCUT2D eigenvalue weighted by Gasteiger charge is 2.35. The van der Waals surface area contributed by atoms with E-state index in [0.717, 1.165) is 41.9 Å². The minimum Gasteiger partial charge on any atom is -0.487 e. The average Bonchev–Trinajstić information content (AvgIpc) is 2.70. The summed E-state index contributed by atoms with van der Waals surface area (Å²) in [5.74, 6) is 1.59. The van der Waals surface area contributed by atoms with Crippen LogP contribution >= 0.6 is 0 Å². The van der Waals surface area contributed by atoms with Crippen LogP contribution in [0.5, 0.6) is 11.5 Å². The van der Waals surface area contributed by atoms with Crippen LogP contribution < -0.4 is 14.8 Å². The van der Waals surface area contributed by atoms with Crippen molar-refractivity contribution in [3.63, 3.8) is 0 Å². The summed E-state index contributed by atoms with van der Waals surface area (Å²) in [4.78, 5) is 13.1. The van der Waals surface area contributed by atoms with E-state index in [4.69, 9.17) is 9.47 Å². The van der Waals surface area contributed by atoms with Gasteiger partial charge in [-0.3, -0.25) is 4.79 Å². The fourth-order valence-electron chi connectivity index (χ4n) is 4.62. The topological polar surface area (TPSA) is 47.6 Å². The van der Waals surface area contributed by atoms with Crippen LogP contribution in [0.15, 0.2) is 36.4 Å². The smallest absolute Gasteiger partial charge is 0.261 e. The second-order valence-corrected chi connectivity index (χ2v) is 9.32. The van der Waals surface area contributed by atoms with Gasteiger partial charge in [0.05, 0.1) is 6.04 Å². The van der Waals surface area contributed by atoms with E-state index in [9.17, 15) is 4.79 Å². The molecule has 1 amide bonds. The maximum absolute atomic E-state index is 13.1. The predicted octanol–water partition coefficient (Wildman–Crippen LogP) is 5.45. The maximum Gasteiger partial charge on any atom is 0.261 e. The minimum atomic E-state index is -0.508. The number of ether oxygens (including phenoxy) is 2. The van der Waals surface area contributed by atoms with E-state index in [1.807, 2.05) is 13.0 Å². The van der Waals surface area contributed by atoms with E-state index in [1.54, 1.807) is 0 Å². The first-order chi connectivity index (χ1) is 14.3. The number of amides is 1. The van der Waals surface area contributed by atoms with Crippen molar-refractivity contribution in [3.05, 3.63) is 58.7 Å². The first-order valence-corrected chi connectivity index (χ1v) is 11.2. The highest BCUT2D eigenvalue weighted by molar-refractivity contribution is 5.81. The Balaban J connectivity index is 1.49. The number of rotatable bonds is 5. The molecule has 2 atom stereocenters. The Morgan fingerprint density at radius 1 is 1.17 bits per heavy atom. The quantitative estimate of drug-likeness (QED) is 0.717. The fraction of sp³-hybridized carbons (Fsp3) is 0.500. The number of benzene rings is 2. The van der Waals surface area contributed by atoms with Crippen LogP contribution in [0.4, 0.5) is 0 Å². The van der Waals surface area contributed by atoms with Gasteiger partial charge in [0.15, 0.2) is 6.10 Å². The highest BCUT2D eigenvalue weighted by Crippen LogP contribution is 2.40. The van der Waals surface area contributed by atoms with E-state index < -0.39 is 6.10 Å². The van der Waals surface area contributed by atoms with Crippen molar-refractivity contribution in [2.75, 3.05) is 0 Å². The molecule has 0 bridgehead atoms. The number of nitrogens with one attached hydrogen (secondary N) is 1. The summed E-state index contributed by atoms with van der Waals surface area (Å²) >= 11 is 0. The summed E-state index contributed by atoms with van der Waals surface area (Å²) in [5.41, 5.74) is 4.64. The Hall–Kier alpha value is -2.49. The normalized spacial score (nSPS) is 20.3. The molecule has 2 aliphatic rings. The molecule has 160 valence electrons. The van der Waals surface area contributed by atoms with Crippen molar-refractivity contribution >= 4 is 5.91 Å². The van der Waals surface area contributed by atoms with Crippen molar-refractivity contribution in [3.8, 4) is 11.5 Å². The van der Waals surface area contributed by atoms with Crippen LogP contribution in [-0.4, -0.2) is 17.6 Å². The first kappa shape index (κ1) is 20.8. The maximum atomic E-state index is 13.1. The summed E-state index contributed by atoms with van der Waals surface area (Å²) in [6.45, 7) is 8.18. The van der Waals surface area contributed by atoms with Gasteiger partial charge in [-0.1, -0.05) is 25.1 Å². The van der Waals surface area contributed by atoms with Gasteiger partial charge in [0.25, 0.3) is 5.91 Å². The van der Waals surface area contributed by atoms with E-state index in [0.29, 0.717) is 6.42 Å². The van der Waals surface area contributed by atoms with Crippen molar-refractivity contribution in [1.29, 1.82) is 0 Å². The van der Waals surface area contributed by atoms with Gasteiger partial charge in [0, 0.05) is 12.0 Å². The second-order valence-electron chi connectivity index (χ2n) is 9.32. The Morgan fingerprint density at radius 3 is 2.70 bits per heavy atom. The van der Waals surface area contributed by atoms with Crippen LogP contribution in [0.2, 0.25) is 0 Å². The lowest BCUT2D eigenvalue weighted by molar-refractivity contribution is -0.129. The standard InChI is InChI=1S/C26H33NO3/c1-5-23(29-20-12-11-18-8-6-7-9-19(18)15-20)25(28)27-22-16-26(3,4)30-24-14-17(2)10-13-21(22)24/h10-15,22-23H,5-9,16H2,1-4H3,(H,27,28)/t22-,23-/m1/s1. The van der Waals surface area contributed by atoms with Gasteiger partial charge in [-0.15, -0.1) is 0 Å². The third kappa shape index (κ3) is 4.48. The van der Waals surface area contributed by atoms with Gasteiger partial charge < -0.3 is 14.8 Å². The molecular formula is C26H33NO3. The van der Waals surface area contributed by atoms with Gasteiger partial charge in [0.1, 0.15) is 17.1 Å². The molecule has 1 aliphatic heterocycles. The third-order valence-electron chi connectivity index (χ3n) is 6.20. The predicted molar refractivity (Wildman–Crippen MR) is 119 cm³/mol. The van der Waals surface area contributed by atoms with E-state index >= 15 is 0 Å². The lowest BCUT2D eigenvalue weighted by Crippen LogP contribution is -2.45. The van der Waals surface area contributed by atoms with Crippen molar-refractivity contribution in [2.24, 2.45) is 0 Å². The van der Waals surface area contributed by atoms with Crippen LogP contribution in [-0.2, 0) is 17.6 Å². The minimum absolute atomic E-state index is 0.0653. The molecule has 2 aromatic carbocycles. The van der Waals surface area contributed by atoms with Gasteiger partial charge in [-0.25, -0.2) is 0 Å². The molecular weight excluding hydrogens is 374 g/mol. The molecule has 0 aromatic heterocycles. The summed E-state index contributed by atoms with van der Waals surface area (Å²) < 4.78 is 12.3. The van der Waals surface area contributed by atoms with E-state index in [1.165, 1.54) is 24.0 Å². The monoisotopic (exact) mass is 407 g/mol. The zero-order chi connectivity index (χ0) is 21.3. The molecule has 1 heterocycles. The molecule has 1 aliphatic carbocycles. The lowest BCUT2D eigenvalue weighted by Gasteiger charge is -2.38. The number of hydrogen-bond acceptors (Lipinski definition) is 3. The Kier molecular flexibility index (Phi) is 5.77. The van der Waals surface area contributed by atoms with E-state index in [-0.39, 0.29) is 17.6 Å². The molecule has 30 heavy (non-hydrogen) atoms. The van der Waals surface area contributed by atoms with Gasteiger partial charge >= 0.3 is 0 Å². The lowest BCUT2D eigenvalue weighted by atomic mass is 9.89.